The van der Waals surface area contributed by atoms with Crippen molar-refractivity contribution in [3.63, 3.8) is 0 Å². The van der Waals surface area contributed by atoms with E-state index in [2.05, 4.69) is 0 Å². The molecule has 12 nitrogen and oxygen atoms in total. The number of hydrogen-bond acceptors (Lipinski definition) is 12. The van der Waals surface area contributed by atoms with Crippen molar-refractivity contribution in [2.75, 3.05) is 13.2 Å². The Morgan fingerprint density at radius 3 is 1.84 bits per heavy atom. The SMILES string of the molecule is OC1OCC2O[C@H](O[C@@H]3OC4COC(c5ccccc5)O[C@H]4C(O)C3O)C(O)C(O)[C@H]2O1. The summed E-state index contributed by atoms with van der Waals surface area (Å²) in [5.74, 6) is 0. The smallest absolute Gasteiger partial charge is 0.269 e. The summed E-state index contributed by atoms with van der Waals surface area (Å²) in [7, 11) is 0. The zero-order valence-electron chi connectivity index (χ0n) is 16.8. The molecule has 8 unspecified atom stereocenters. The Labute approximate surface area is 182 Å². The average molecular weight is 458 g/mol. The fourth-order valence-electron chi connectivity index (χ4n) is 4.27. The number of benzene rings is 1. The van der Waals surface area contributed by atoms with E-state index < -0.39 is 74.2 Å². The predicted octanol–water partition coefficient (Wildman–Crippen LogP) is -2.30. The van der Waals surface area contributed by atoms with Gasteiger partial charge in [-0.2, -0.15) is 0 Å². The van der Waals surface area contributed by atoms with Gasteiger partial charge in [0, 0.05) is 5.56 Å². The fraction of sp³-hybridized carbons (Fsp3) is 0.700. The van der Waals surface area contributed by atoms with Crippen molar-refractivity contribution in [2.45, 2.75) is 74.2 Å². The molecule has 0 aliphatic carbocycles. The Morgan fingerprint density at radius 2 is 1.22 bits per heavy atom. The summed E-state index contributed by atoms with van der Waals surface area (Å²) >= 11 is 0. The molecule has 1 aromatic carbocycles. The van der Waals surface area contributed by atoms with E-state index in [0.717, 1.165) is 5.56 Å². The van der Waals surface area contributed by atoms with Gasteiger partial charge in [-0.05, 0) is 0 Å². The van der Waals surface area contributed by atoms with Crippen LogP contribution in [0.15, 0.2) is 30.3 Å². The van der Waals surface area contributed by atoms with Gasteiger partial charge in [-0.15, -0.1) is 0 Å². The van der Waals surface area contributed by atoms with Gasteiger partial charge in [0.15, 0.2) is 18.9 Å². The predicted molar refractivity (Wildman–Crippen MR) is 99.3 cm³/mol. The molecular weight excluding hydrogens is 432 g/mol. The Bertz CT molecular complexity index is 762. The fourth-order valence-corrected chi connectivity index (χ4v) is 4.27. The third kappa shape index (κ3) is 4.18. The van der Waals surface area contributed by atoms with E-state index in [1.807, 2.05) is 30.3 Å². The van der Waals surface area contributed by atoms with Crippen LogP contribution in [0.2, 0.25) is 0 Å². The third-order valence-electron chi connectivity index (χ3n) is 5.99. The molecule has 4 fully saturated rings. The summed E-state index contributed by atoms with van der Waals surface area (Å²) in [6, 6.07) is 9.16. The first-order valence-electron chi connectivity index (χ1n) is 10.4. The second kappa shape index (κ2) is 9.18. The van der Waals surface area contributed by atoms with Gasteiger partial charge in [0.25, 0.3) is 6.48 Å². The van der Waals surface area contributed by atoms with Crippen molar-refractivity contribution in [3.05, 3.63) is 35.9 Å². The second-order valence-electron chi connectivity index (χ2n) is 8.10. The van der Waals surface area contributed by atoms with Crippen molar-refractivity contribution in [1.82, 2.24) is 0 Å². The Morgan fingerprint density at radius 1 is 0.656 bits per heavy atom. The normalized spacial score (nSPS) is 49.2. The molecule has 0 spiro atoms. The molecule has 0 radical (unpaired) electrons. The zero-order chi connectivity index (χ0) is 22.4. The standard InChI is InChI=1S/C20H26O12/c21-11-13(23)18(28-9-6-26-17(30-15(9)11)8-4-2-1-3-5-8)32-19-14(24)12(22)16-10(29-19)7-27-20(25)31-16/h1-5,9-25H,6-7H2/t9?,10?,11?,12?,13?,14?,15-,16+,17?,18+,19-,20?/m1/s1. The molecule has 5 N–H and O–H groups in total. The molecule has 4 saturated heterocycles. The minimum Gasteiger partial charge on any atom is -0.387 e. The summed E-state index contributed by atoms with van der Waals surface area (Å²) in [6.07, 6.45) is -13.0. The van der Waals surface area contributed by atoms with Gasteiger partial charge < -0.3 is 58.7 Å². The van der Waals surface area contributed by atoms with Crippen LogP contribution in [-0.2, 0) is 33.2 Å². The van der Waals surface area contributed by atoms with Crippen molar-refractivity contribution in [2.24, 2.45) is 0 Å². The number of aliphatic hydroxyl groups excluding tert-OH is 5. The molecule has 4 aliphatic heterocycles. The molecule has 12 heteroatoms. The van der Waals surface area contributed by atoms with Crippen LogP contribution >= 0.6 is 0 Å². The molecule has 1 aromatic rings. The zero-order valence-corrected chi connectivity index (χ0v) is 16.8. The molecule has 0 saturated carbocycles. The van der Waals surface area contributed by atoms with Crippen molar-refractivity contribution < 1.29 is 58.7 Å². The van der Waals surface area contributed by atoms with Gasteiger partial charge in [-0.25, -0.2) is 0 Å². The lowest BCUT2D eigenvalue weighted by Crippen LogP contribution is -2.66. The first-order valence-corrected chi connectivity index (χ1v) is 10.4. The highest BCUT2D eigenvalue weighted by Gasteiger charge is 2.53. The Kier molecular flexibility index (Phi) is 6.46. The second-order valence-corrected chi connectivity index (χ2v) is 8.10. The summed E-state index contributed by atoms with van der Waals surface area (Å²) in [4.78, 5) is 0. The average Bonchev–Trinajstić information content (AvgIpc) is 2.81. The number of fused-ring (bicyclic) bond motifs is 2. The van der Waals surface area contributed by atoms with Gasteiger partial charge in [-0.3, -0.25) is 0 Å². The maximum Gasteiger partial charge on any atom is 0.269 e. The topological polar surface area (TPSA) is 166 Å². The van der Waals surface area contributed by atoms with Crippen LogP contribution in [0.3, 0.4) is 0 Å². The lowest BCUT2D eigenvalue weighted by Gasteiger charge is -2.49. The van der Waals surface area contributed by atoms with Crippen LogP contribution in [0.25, 0.3) is 0 Å². The van der Waals surface area contributed by atoms with Gasteiger partial charge in [0.2, 0.25) is 0 Å². The largest absolute Gasteiger partial charge is 0.387 e. The van der Waals surface area contributed by atoms with Crippen LogP contribution in [0.5, 0.6) is 0 Å². The highest BCUT2D eigenvalue weighted by atomic mass is 16.8. The van der Waals surface area contributed by atoms with E-state index in [0.29, 0.717) is 0 Å². The summed E-state index contributed by atoms with van der Waals surface area (Å²) < 4.78 is 38.4. The number of aliphatic hydroxyl groups is 5. The quantitative estimate of drug-likeness (QED) is 0.329. The maximum absolute atomic E-state index is 10.7. The molecule has 0 amide bonds. The number of hydrogen-bond donors (Lipinski definition) is 5. The summed E-state index contributed by atoms with van der Waals surface area (Å²) in [5, 5.41) is 51.4. The lowest BCUT2D eigenvalue weighted by atomic mass is 9.97. The highest BCUT2D eigenvalue weighted by Crippen LogP contribution is 2.36. The molecule has 12 atom stereocenters. The van der Waals surface area contributed by atoms with Crippen LogP contribution in [-0.4, -0.2) is 107 Å². The van der Waals surface area contributed by atoms with Crippen LogP contribution < -0.4 is 0 Å². The van der Waals surface area contributed by atoms with E-state index in [1.165, 1.54) is 0 Å². The molecule has 178 valence electrons. The Balaban J connectivity index is 1.24. The monoisotopic (exact) mass is 458 g/mol. The first kappa shape index (κ1) is 22.5. The van der Waals surface area contributed by atoms with Gasteiger partial charge >= 0.3 is 0 Å². The minimum absolute atomic E-state index is 0.0643. The molecule has 4 aliphatic rings. The van der Waals surface area contributed by atoms with E-state index in [9.17, 15) is 25.5 Å². The van der Waals surface area contributed by atoms with Crippen molar-refractivity contribution in [1.29, 1.82) is 0 Å². The highest BCUT2D eigenvalue weighted by molar-refractivity contribution is 5.16. The van der Waals surface area contributed by atoms with Gasteiger partial charge in [-0.1, -0.05) is 30.3 Å². The van der Waals surface area contributed by atoms with Crippen LogP contribution in [0, 0.1) is 0 Å². The lowest BCUT2D eigenvalue weighted by molar-refractivity contribution is -0.424. The van der Waals surface area contributed by atoms with E-state index in [-0.39, 0.29) is 13.2 Å². The van der Waals surface area contributed by atoms with E-state index in [1.54, 1.807) is 0 Å². The van der Waals surface area contributed by atoms with Crippen LogP contribution in [0.1, 0.15) is 11.9 Å². The van der Waals surface area contributed by atoms with Gasteiger partial charge in [0.1, 0.15) is 48.8 Å². The molecule has 4 heterocycles. The summed E-state index contributed by atoms with van der Waals surface area (Å²) in [5.41, 5.74) is 0.760. The first-order chi connectivity index (χ1) is 15.4. The molecule has 32 heavy (non-hydrogen) atoms. The summed E-state index contributed by atoms with van der Waals surface area (Å²) in [6.45, 7) is -1.59. The van der Waals surface area contributed by atoms with E-state index in [4.69, 9.17) is 33.2 Å². The molecule has 0 bridgehead atoms. The van der Waals surface area contributed by atoms with Gasteiger partial charge in [0.05, 0.1) is 13.2 Å². The van der Waals surface area contributed by atoms with Crippen LogP contribution in [0.4, 0.5) is 0 Å². The molecule has 0 aromatic heterocycles. The third-order valence-corrected chi connectivity index (χ3v) is 5.99. The van der Waals surface area contributed by atoms with E-state index >= 15 is 0 Å². The number of ether oxygens (including phenoxy) is 7. The minimum atomic E-state index is -1.58. The molecular formula is C20H26O12. The maximum atomic E-state index is 10.7. The number of rotatable bonds is 3. The van der Waals surface area contributed by atoms with Crippen molar-refractivity contribution in [3.8, 4) is 0 Å². The Hall–Kier alpha value is -1.26. The molecule has 5 rings (SSSR count). The van der Waals surface area contributed by atoms with Crippen molar-refractivity contribution >= 4 is 0 Å².